The highest BCUT2D eigenvalue weighted by Gasteiger charge is 2.10. The third-order valence-electron chi connectivity index (χ3n) is 3.66. The monoisotopic (exact) mass is 373 g/mol. The predicted octanol–water partition coefficient (Wildman–Crippen LogP) is 4.34. The van der Waals surface area contributed by atoms with Crippen LogP contribution in [0.5, 0.6) is 5.75 Å². The van der Waals surface area contributed by atoms with Crippen LogP contribution < -0.4 is 10.1 Å². The van der Waals surface area contributed by atoms with Crippen molar-refractivity contribution in [1.29, 1.82) is 0 Å². The molecule has 0 fully saturated rings. The molecule has 1 atom stereocenters. The van der Waals surface area contributed by atoms with E-state index in [-0.39, 0.29) is 37.5 Å². The van der Waals surface area contributed by atoms with Gasteiger partial charge in [0.15, 0.2) is 0 Å². The Morgan fingerprint density at radius 1 is 1.21 bits per heavy atom. The Labute approximate surface area is 153 Å². The van der Waals surface area contributed by atoms with Crippen LogP contribution in [-0.2, 0) is 13.2 Å². The lowest BCUT2D eigenvalue weighted by atomic mass is 10.1. The van der Waals surface area contributed by atoms with E-state index in [0.29, 0.717) is 22.9 Å². The molecule has 2 aromatic rings. The van der Waals surface area contributed by atoms with Crippen LogP contribution >= 0.6 is 24.0 Å². The Morgan fingerprint density at radius 2 is 1.96 bits per heavy atom. The molecule has 0 spiro atoms. The van der Waals surface area contributed by atoms with Crippen LogP contribution in [0.25, 0.3) is 0 Å². The molecule has 0 heterocycles. The Morgan fingerprint density at radius 3 is 2.62 bits per heavy atom. The van der Waals surface area contributed by atoms with E-state index >= 15 is 0 Å². The highest BCUT2D eigenvalue weighted by atomic mass is 35.5. The first-order chi connectivity index (χ1) is 11.1. The maximum Gasteiger partial charge on any atom is 0.129 e. The number of aliphatic hydroxyl groups excluding tert-OH is 1. The molecular formula is C18H22Cl2FNO2. The van der Waals surface area contributed by atoms with Crippen molar-refractivity contribution < 1.29 is 14.2 Å². The van der Waals surface area contributed by atoms with Crippen molar-refractivity contribution in [2.75, 3.05) is 6.61 Å². The fraction of sp³-hybridized carbons (Fsp3) is 0.333. The minimum Gasteiger partial charge on any atom is -0.488 e. The molecule has 0 bridgehead atoms. The zero-order chi connectivity index (χ0) is 16.7. The third-order valence-corrected chi connectivity index (χ3v) is 3.89. The summed E-state index contributed by atoms with van der Waals surface area (Å²) in [5.41, 5.74) is 1.38. The van der Waals surface area contributed by atoms with Gasteiger partial charge in [-0.2, -0.15) is 0 Å². The van der Waals surface area contributed by atoms with Gasteiger partial charge in [0.25, 0.3) is 0 Å². The van der Waals surface area contributed by atoms with E-state index in [1.165, 1.54) is 6.07 Å². The molecule has 0 aromatic heterocycles. The Bertz CT molecular complexity index is 636. The molecule has 0 saturated heterocycles. The topological polar surface area (TPSA) is 41.5 Å². The number of nitrogens with one attached hydrogen (secondary N) is 1. The van der Waals surface area contributed by atoms with Crippen LogP contribution in [0.15, 0.2) is 42.5 Å². The van der Waals surface area contributed by atoms with Crippen LogP contribution in [0.1, 0.15) is 24.5 Å². The summed E-state index contributed by atoms with van der Waals surface area (Å²) in [5.74, 6) is 0.366. The van der Waals surface area contributed by atoms with Crippen molar-refractivity contribution in [2.45, 2.75) is 32.5 Å². The smallest absolute Gasteiger partial charge is 0.129 e. The summed E-state index contributed by atoms with van der Waals surface area (Å²) in [6.45, 7) is 2.74. The number of hydrogen-bond acceptors (Lipinski definition) is 3. The normalized spacial score (nSPS) is 11.7. The zero-order valence-electron chi connectivity index (χ0n) is 13.5. The Kier molecular flexibility index (Phi) is 9.08. The fourth-order valence-corrected chi connectivity index (χ4v) is 2.38. The molecule has 2 aromatic carbocycles. The van der Waals surface area contributed by atoms with Crippen molar-refractivity contribution in [3.8, 4) is 5.75 Å². The number of halogens is 3. The largest absolute Gasteiger partial charge is 0.488 e. The molecule has 1 unspecified atom stereocenters. The summed E-state index contributed by atoms with van der Waals surface area (Å²) in [6.07, 6.45) is 0.822. The summed E-state index contributed by atoms with van der Waals surface area (Å²) >= 11 is 6.05. The number of benzene rings is 2. The van der Waals surface area contributed by atoms with E-state index in [0.717, 1.165) is 12.0 Å². The lowest BCUT2D eigenvalue weighted by Gasteiger charge is -2.17. The van der Waals surface area contributed by atoms with Crippen molar-refractivity contribution >= 4 is 24.0 Å². The first-order valence-electron chi connectivity index (χ1n) is 7.63. The minimum atomic E-state index is -0.285. The van der Waals surface area contributed by atoms with Crippen LogP contribution in [-0.4, -0.2) is 17.8 Å². The molecule has 2 N–H and O–H groups in total. The highest BCUT2D eigenvalue weighted by Crippen LogP contribution is 2.24. The fourth-order valence-electron chi connectivity index (χ4n) is 2.19. The van der Waals surface area contributed by atoms with Gasteiger partial charge in [-0.05, 0) is 30.7 Å². The summed E-state index contributed by atoms with van der Waals surface area (Å²) < 4.78 is 19.4. The lowest BCUT2D eigenvalue weighted by Crippen LogP contribution is -2.31. The van der Waals surface area contributed by atoms with Crippen molar-refractivity contribution in [2.24, 2.45) is 0 Å². The highest BCUT2D eigenvalue weighted by molar-refractivity contribution is 6.30. The summed E-state index contributed by atoms with van der Waals surface area (Å²) in [5, 5.41) is 13.1. The van der Waals surface area contributed by atoms with Gasteiger partial charge in [-0.25, -0.2) is 4.39 Å². The summed E-state index contributed by atoms with van der Waals surface area (Å²) in [4.78, 5) is 0. The van der Waals surface area contributed by atoms with E-state index in [1.807, 2.05) is 13.0 Å². The quantitative estimate of drug-likeness (QED) is 0.722. The van der Waals surface area contributed by atoms with Gasteiger partial charge in [0, 0.05) is 28.7 Å². The second-order valence-electron chi connectivity index (χ2n) is 5.30. The average Bonchev–Trinajstić information content (AvgIpc) is 2.56. The average molecular weight is 374 g/mol. The molecule has 0 aliphatic heterocycles. The first kappa shape index (κ1) is 20.7. The van der Waals surface area contributed by atoms with Crippen LogP contribution in [0.4, 0.5) is 4.39 Å². The Hall–Kier alpha value is -1.33. The van der Waals surface area contributed by atoms with E-state index in [9.17, 15) is 9.50 Å². The number of hydrogen-bond donors (Lipinski definition) is 2. The molecule has 132 valence electrons. The van der Waals surface area contributed by atoms with Crippen LogP contribution in [0.3, 0.4) is 0 Å². The number of ether oxygens (including phenoxy) is 1. The van der Waals surface area contributed by atoms with Gasteiger partial charge in [-0.1, -0.05) is 36.7 Å². The van der Waals surface area contributed by atoms with Gasteiger partial charge < -0.3 is 15.2 Å². The van der Waals surface area contributed by atoms with E-state index in [4.69, 9.17) is 16.3 Å². The van der Waals surface area contributed by atoms with Crippen molar-refractivity contribution in [3.63, 3.8) is 0 Å². The lowest BCUT2D eigenvalue weighted by molar-refractivity contribution is 0.237. The van der Waals surface area contributed by atoms with Gasteiger partial charge in [0.05, 0.1) is 6.61 Å². The van der Waals surface area contributed by atoms with Gasteiger partial charge in [0.2, 0.25) is 0 Å². The molecule has 2 rings (SSSR count). The molecule has 6 heteroatoms. The predicted molar refractivity (Wildman–Crippen MR) is 97.4 cm³/mol. The van der Waals surface area contributed by atoms with Crippen molar-refractivity contribution in [3.05, 3.63) is 64.4 Å². The SMILES string of the molecule is CCC(CO)NCc1cc(Cl)ccc1OCc1ccccc1F.Cl. The van der Waals surface area contributed by atoms with Gasteiger partial charge in [0.1, 0.15) is 18.2 Å². The number of aliphatic hydroxyl groups is 1. The van der Waals surface area contributed by atoms with Crippen LogP contribution in [0.2, 0.25) is 5.02 Å². The summed E-state index contributed by atoms with van der Waals surface area (Å²) in [6, 6.07) is 11.9. The maximum absolute atomic E-state index is 13.7. The second-order valence-corrected chi connectivity index (χ2v) is 5.74. The van der Waals surface area contributed by atoms with Gasteiger partial charge in [-0.3, -0.25) is 0 Å². The third kappa shape index (κ3) is 5.95. The van der Waals surface area contributed by atoms with E-state index < -0.39 is 0 Å². The minimum absolute atomic E-state index is 0. The number of rotatable bonds is 8. The molecule has 0 radical (unpaired) electrons. The van der Waals surface area contributed by atoms with E-state index in [2.05, 4.69) is 5.32 Å². The standard InChI is InChI=1S/C18H21ClFNO2.ClH/c1-2-16(11-22)21-10-14-9-15(19)7-8-18(14)23-12-13-5-3-4-6-17(13)20;/h3-9,16,21-22H,2,10-12H2,1H3;1H. The summed E-state index contributed by atoms with van der Waals surface area (Å²) in [7, 11) is 0. The van der Waals surface area contributed by atoms with Crippen molar-refractivity contribution in [1.82, 2.24) is 5.32 Å². The maximum atomic E-state index is 13.7. The molecule has 0 aliphatic carbocycles. The Balaban J connectivity index is 0.00000288. The first-order valence-corrected chi connectivity index (χ1v) is 8.00. The molecule has 0 saturated carbocycles. The van der Waals surface area contributed by atoms with E-state index in [1.54, 1.807) is 30.3 Å². The molecule has 0 amide bonds. The molecule has 3 nitrogen and oxygen atoms in total. The van der Waals surface area contributed by atoms with Gasteiger partial charge in [-0.15, -0.1) is 12.4 Å². The molecular weight excluding hydrogens is 352 g/mol. The molecule has 24 heavy (non-hydrogen) atoms. The van der Waals surface area contributed by atoms with Crippen LogP contribution in [0, 0.1) is 5.82 Å². The second kappa shape index (κ2) is 10.5. The molecule has 0 aliphatic rings. The van der Waals surface area contributed by atoms with Gasteiger partial charge >= 0.3 is 0 Å². The zero-order valence-corrected chi connectivity index (χ0v) is 15.0.